The molecule has 0 aromatic heterocycles. The van der Waals surface area contributed by atoms with Crippen LogP contribution in [0.3, 0.4) is 0 Å². The first-order valence-electron chi connectivity index (χ1n) is 6.46. The van der Waals surface area contributed by atoms with E-state index >= 15 is 0 Å². The molecule has 0 bridgehead atoms. The quantitative estimate of drug-likeness (QED) is 0.640. The number of hydrogen-bond donors (Lipinski definition) is 1. The molecule has 5 heteroatoms. The molecule has 0 fully saturated rings. The maximum atomic E-state index is 12.1. The van der Waals surface area contributed by atoms with E-state index in [4.69, 9.17) is 9.47 Å². The third kappa shape index (κ3) is 4.76. The maximum Gasteiger partial charge on any atom is 0.332 e. The number of carbonyl (C=O) groups is 2. The molecule has 0 aliphatic carbocycles. The molecule has 0 saturated heterocycles. The van der Waals surface area contributed by atoms with E-state index in [-0.39, 0.29) is 5.91 Å². The number of esters is 1. The predicted octanol–water partition coefficient (Wildman–Crippen LogP) is 2.28. The van der Waals surface area contributed by atoms with Crippen molar-refractivity contribution in [2.75, 3.05) is 13.2 Å². The number of hydrogen-bond acceptors (Lipinski definition) is 4. The fourth-order valence-corrected chi connectivity index (χ4v) is 1.58. The molecule has 1 rings (SSSR count). The van der Waals surface area contributed by atoms with Gasteiger partial charge in [0.25, 0.3) is 5.91 Å². The van der Waals surface area contributed by atoms with Crippen LogP contribution in [0.25, 0.3) is 0 Å². The lowest BCUT2D eigenvalue weighted by Crippen LogP contribution is -2.23. The van der Waals surface area contributed by atoms with Crippen molar-refractivity contribution in [1.82, 2.24) is 5.32 Å². The van der Waals surface area contributed by atoms with Crippen LogP contribution in [-0.4, -0.2) is 25.1 Å². The predicted molar refractivity (Wildman–Crippen MR) is 75.5 cm³/mol. The highest BCUT2D eigenvalue weighted by atomic mass is 16.5. The molecule has 0 saturated carbocycles. The Labute approximate surface area is 118 Å². The van der Waals surface area contributed by atoms with Gasteiger partial charge in [-0.25, -0.2) is 4.79 Å². The first-order chi connectivity index (χ1) is 9.58. The number of nitrogens with one attached hydrogen (secondary N) is 1. The Bertz CT molecular complexity index is 508. The minimum absolute atomic E-state index is 0.295. The first kappa shape index (κ1) is 15.8. The lowest BCUT2D eigenvalue weighted by atomic mass is 10.2. The Balaban J connectivity index is 2.78. The maximum absolute atomic E-state index is 12.1. The molecule has 1 aromatic carbocycles. The molecule has 0 atom stereocenters. The first-order valence-corrected chi connectivity index (χ1v) is 6.46. The number of rotatable bonds is 6. The molecule has 0 unspecified atom stereocenters. The highest BCUT2D eigenvalue weighted by Crippen LogP contribution is 2.17. The number of para-hydroxylation sites is 1. The van der Waals surface area contributed by atoms with Gasteiger partial charge >= 0.3 is 5.97 Å². The highest BCUT2D eigenvalue weighted by molar-refractivity contribution is 5.98. The van der Waals surface area contributed by atoms with Gasteiger partial charge < -0.3 is 14.8 Å². The largest absolute Gasteiger partial charge is 0.493 e. The van der Waals surface area contributed by atoms with Crippen LogP contribution in [0.2, 0.25) is 0 Å². The van der Waals surface area contributed by atoms with Gasteiger partial charge in [-0.2, -0.15) is 0 Å². The summed E-state index contributed by atoms with van der Waals surface area (Å²) in [5.74, 6) is -0.299. The van der Waals surface area contributed by atoms with E-state index in [1.165, 1.54) is 6.08 Å². The Morgan fingerprint density at radius 2 is 1.90 bits per heavy atom. The monoisotopic (exact) mass is 277 g/mol. The van der Waals surface area contributed by atoms with E-state index in [9.17, 15) is 9.59 Å². The molecule has 108 valence electrons. The fourth-order valence-electron chi connectivity index (χ4n) is 1.58. The van der Waals surface area contributed by atoms with E-state index < -0.39 is 5.97 Å². The molecular weight excluding hydrogens is 258 g/mol. The highest BCUT2D eigenvalue weighted by Gasteiger charge is 2.12. The van der Waals surface area contributed by atoms with Crippen LogP contribution in [0.15, 0.2) is 36.0 Å². The lowest BCUT2D eigenvalue weighted by Gasteiger charge is -2.10. The van der Waals surface area contributed by atoms with Gasteiger partial charge in [-0.05, 0) is 32.9 Å². The van der Waals surface area contributed by atoms with Crippen molar-refractivity contribution in [3.8, 4) is 5.75 Å². The van der Waals surface area contributed by atoms with Crippen molar-refractivity contribution < 1.29 is 19.1 Å². The summed E-state index contributed by atoms with van der Waals surface area (Å²) >= 11 is 0. The van der Waals surface area contributed by atoms with Gasteiger partial charge in [-0.1, -0.05) is 12.1 Å². The van der Waals surface area contributed by atoms with Crippen LogP contribution in [0.1, 0.15) is 31.1 Å². The van der Waals surface area contributed by atoms with Gasteiger partial charge in [0, 0.05) is 11.8 Å². The molecule has 1 N–H and O–H groups in total. The number of amides is 1. The van der Waals surface area contributed by atoms with Crippen LogP contribution in [0, 0.1) is 0 Å². The summed E-state index contributed by atoms with van der Waals surface area (Å²) in [4.78, 5) is 23.4. The van der Waals surface area contributed by atoms with E-state index in [1.54, 1.807) is 38.1 Å². The Hall–Kier alpha value is -2.30. The fraction of sp³-hybridized carbons (Fsp3) is 0.333. The molecule has 0 heterocycles. The van der Waals surface area contributed by atoms with Crippen molar-refractivity contribution in [2.45, 2.75) is 20.8 Å². The van der Waals surface area contributed by atoms with Gasteiger partial charge in [0.2, 0.25) is 0 Å². The van der Waals surface area contributed by atoms with Crippen LogP contribution in [-0.2, 0) is 9.53 Å². The molecular formula is C15H19NO4. The van der Waals surface area contributed by atoms with Gasteiger partial charge in [0.15, 0.2) is 0 Å². The average molecular weight is 277 g/mol. The molecule has 0 radical (unpaired) electrons. The Morgan fingerprint density at radius 3 is 2.55 bits per heavy atom. The molecule has 20 heavy (non-hydrogen) atoms. The zero-order valence-electron chi connectivity index (χ0n) is 11.9. The second-order valence-electron chi connectivity index (χ2n) is 3.96. The summed E-state index contributed by atoms with van der Waals surface area (Å²) in [7, 11) is 0. The standard InChI is InChI=1S/C15H19NO4/c1-4-19-13-9-7-6-8-12(13)15(18)16-11(3)10-14(17)20-5-2/h6-10H,4-5H2,1-3H3,(H,16,18). The molecule has 5 nitrogen and oxygen atoms in total. The minimum Gasteiger partial charge on any atom is -0.493 e. The molecule has 1 amide bonds. The van der Waals surface area contributed by atoms with E-state index in [0.29, 0.717) is 30.2 Å². The Morgan fingerprint density at radius 1 is 1.20 bits per heavy atom. The summed E-state index contributed by atoms with van der Waals surface area (Å²) in [5.41, 5.74) is 0.839. The SMILES string of the molecule is CCOC(=O)C=C(C)NC(=O)c1ccccc1OCC. The summed E-state index contributed by atoms with van der Waals surface area (Å²) in [6.07, 6.45) is 1.24. The third-order valence-corrected chi connectivity index (χ3v) is 2.36. The van der Waals surface area contributed by atoms with Crippen molar-refractivity contribution in [1.29, 1.82) is 0 Å². The zero-order valence-corrected chi connectivity index (χ0v) is 11.9. The minimum atomic E-state index is -0.483. The second-order valence-corrected chi connectivity index (χ2v) is 3.96. The third-order valence-electron chi connectivity index (χ3n) is 2.36. The molecule has 1 aromatic rings. The van der Waals surface area contributed by atoms with Crippen molar-refractivity contribution >= 4 is 11.9 Å². The number of carbonyl (C=O) groups excluding carboxylic acids is 2. The molecule has 0 spiro atoms. The number of ether oxygens (including phenoxy) is 2. The van der Waals surface area contributed by atoms with Gasteiger partial charge in [-0.3, -0.25) is 4.79 Å². The van der Waals surface area contributed by atoms with E-state index in [0.717, 1.165) is 0 Å². The Kier molecular flexibility index (Phi) is 6.29. The van der Waals surface area contributed by atoms with Crippen molar-refractivity contribution in [3.63, 3.8) is 0 Å². The second kappa shape index (κ2) is 7.99. The van der Waals surface area contributed by atoms with Crippen molar-refractivity contribution in [2.24, 2.45) is 0 Å². The molecule has 0 aliphatic heterocycles. The summed E-state index contributed by atoms with van der Waals surface area (Å²) in [6, 6.07) is 6.94. The van der Waals surface area contributed by atoms with Crippen LogP contribution in [0.5, 0.6) is 5.75 Å². The lowest BCUT2D eigenvalue weighted by molar-refractivity contribution is -0.137. The zero-order chi connectivity index (χ0) is 15.0. The van der Waals surface area contributed by atoms with E-state index in [2.05, 4.69) is 5.32 Å². The number of allylic oxidation sites excluding steroid dienone is 1. The smallest absolute Gasteiger partial charge is 0.332 e. The van der Waals surface area contributed by atoms with Gasteiger partial charge in [-0.15, -0.1) is 0 Å². The summed E-state index contributed by atoms with van der Waals surface area (Å²) in [6.45, 7) is 5.96. The molecule has 0 aliphatic rings. The van der Waals surface area contributed by atoms with Crippen LogP contribution >= 0.6 is 0 Å². The summed E-state index contributed by atoms with van der Waals surface area (Å²) < 4.78 is 10.2. The number of benzene rings is 1. The van der Waals surface area contributed by atoms with Gasteiger partial charge in [0.05, 0.1) is 18.8 Å². The van der Waals surface area contributed by atoms with Crippen LogP contribution < -0.4 is 10.1 Å². The van der Waals surface area contributed by atoms with Crippen LogP contribution in [0.4, 0.5) is 0 Å². The topological polar surface area (TPSA) is 64.6 Å². The summed E-state index contributed by atoms with van der Waals surface area (Å²) in [5, 5.41) is 2.63. The average Bonchev–Trinajstić information content (AvgIpc) is 2.39. The van der Waals surface area contributed by atoms with Crippen molar-refractivity contribution in [3.05, 3.63) is 41.6 Å². The van der Waals surface area contributed by atoms with E-state index in [1.807, 2.05) is 6.92 Å². The normalized spacial score (nSPS) is 10.8. The van der Waals surface area contributed by atoms with Gasteiger partial charge in [0.1, 0.15) is 5.75 Å².